The summed E-state index contributed by atoms with van der Waals surface area (Å²) >= 11 is 4.54. The number of nitrogens with zero attached hydrogens (tertiary/aromatic N) is 2. The molecule has 2 aromatic rings. The van der Waals surface area contributed by atoms with Crippen molar-refractivity contribution in [1.82, 2.24) is 9.97 Å². The quantitative estimate of drug-likeness (QED) is 0.817. The van der Waals surface area contributed by atoms with Crippen LogP contribution in [0.3, 0.4) is 0 Å². The van der Waals surface area contributed by atoms with Gasteiger partial charge in [0.05, 0.1) is 12.3 Å². The highest BCUT2D eigenvalue weighted by molar-refractivity contribution is 9.11. The summed E-state index contributed by atoms with van der Waals surface area (Å²) in [4.78, 5) is 20.5. The van der Waals surface area contributed by atoms with Crippen molar-refractivity contribution in [3.05, 3.63) is 33.3 Å². The summed E-state index contributed by atoms with van der Waals surface area (Å²) in [5, 5.41) is 0. The van der Waals surface area contributed by atoms with E-state index in [0.717, 1.165) is 5.56 Å². The van der Waals surface area contributed by atoms with E-state index < -0.39 is 0 Å². The molecule has 2 rings (SSSR count). The Bertz CT molecular complexity index is 528. The first kappa shape index (κ1) is 12.2. The summed E-state index contributed by atoms with van der Waals surface area (Å²) in [6, 6.07) is 3.66. The molecule has 0 fully saturated rings. The molecule has 0 saturated heterocycles. The Morgan fingerprint density at radius 3 is 3.06 bits per heavy atom. The molecule has 88 valence electrons. The summed E-state index contributed by atoms with van der Waals surface area (Å²) in [6.07, 6.45) is 3.35. The molecule has 0 aromatic carbocycles. The predicted molar refractivity (Wildman–Crippen MR) is 69.0 cm³/mol. The van der Waals surface area contributed by atoms with Gasteiger partial charge in [-0.3, -0.25) is 4.98 Å². The van der Waals surface area contributed by atoms with Crippen LogP contribution in [0.2, 0.25) is 0 Å². The van der Waals surface area contributed by atoms with E-state index in [1.54, 1.807) is 25.4 Å². The molecule has 2 aromatic heterocycles. The van der Waals surface area contributed by atoms with Gasteiger partial charge >= 0.3 is 5.97 Å². The highest BCUT2D eigenvalue weighted by Crippen LogP contribution is 2.31. The molecule has 0 amide bonds. The SMILES string of the molecule is CCOC(=O)c1sc(Br)nc1-c1cccnc1. The Morgan fingerprint density at radius 2 is 2.41 bits per heavy atom. The van der Waals surface area contributed by atoms with Crippen LogP contribution >= 0.6 is 27.3 Å². The number of carbonyl (C=O) groups is 1. The van der Waals surface area contributed by atoms with Crippen LogP contribution in [0.25, 0.3) is 11.3 Å². The first-order valence-corrected chi connectivity index (χ1v) is 6.57. The molecule has 0 aliphatic carbocycles. The maximum Gasteiger partial charge on any atom is 0.350 e. The highest BCUT2D eigenvalue weighted by Gasteiger charge is 2.19. The number of ether oxygens (including phenoxy) is 1. The fourth-order valence-corrected chi connectivity index (χ4v) is 2.70. The highest BCUT2D eigenvalue weighted by atomic mass is 79.9. The van der Waals surface area contributed by atoms with Gasteiger partial charge in [0, 0.05) is 18.0 Å². The largest absolute Gasteiger partial charge is 0.462 e. The first-order chi connectivity index (χ1) is 8.22. The minimum absolute atomic E-state index is 0.348. The predicted octanol–water partition coefficient (Wildman–Crippen LogP) is 3.14. The summed E-state index contributed by atoms with van der Waals surface area (Å²) in [5.74, 6) is -0.352. The van der Waals surface area contributed by atoms with Gasteiger partial charge in [-0.1, -0.05) is 11.3 Å². The van der Waals surface area contributed by atoms with Crippen LogP contribution in [-0.2, 0) is 4.74 Å². The van der Waals surface area contributed by atoms with Gasteiger partial charge in [-0.15, -0.1) is 0 Å². The Labute approximate surface area is 111 Å². The van der Waals surface area contributed by atoms with E-state index in [4.69, 9.17) is 4.74 Å². The lowest BCUT2D eigenvalue weighted by molar-refractivity contribution is 0.0532. The third-order valence-corrected chi connectivity index (χ3v) is 3.48. The van der Waals surface area contributed by atoms with Gasteiger partial charge in [-0.05, 0) is 35.0 Å². The lowest BCUT2D eigenvalue weighted by Gasteiger charge is -2.01. The van der Waals surface area contributed by atoms with Crippen LogP contribution in [0, 0.1) is 0 Å². The molecule has 0 radical (unpaired) electrons. The molecule has 4 nitrogen and oxygen atoms in total. The standard InChI is InChI=1S/C11H9BrN2O2S/c1-2-16-10(15)9-8(14-11(12)17-9)7-4-3-5-13-6-7/h3-6H,2H2,1H3. The van der Waals surface area contributed by atoms with Crippen molar-refractivity contribution in [2.75, 3.05) is 6.61 Å². The zero-order valence-electron chi connectivity index (χ0n) is 9.01. The van der Waals surface area contributed by atoms with Crippen LogP contribution in [-0.4, -0.2) is 22.5 Å². The normalized spacial score (nSPS) is 10.2. The molecular weight excluding hydrogens is 304 g/mol. The zero-order chi connectivity index (χ0) is 12.3. The number of hydrogen-bond acceptors (Lipinski definition) is 5. The van der Waals surface area contributed by atoms with Crippen LogP contribution in [0.15, 0.2) is 28.4 Å². The Kier molecular flexibility index (Phi) is 3.86. The van der Waals surface area contributed by atoms with Crippen molar-refractivity contribution in [2.45, 2.75) is 6.92 Å². The van der Waals surface area contributed by atoms with Gasteiger partial charge in [0.2, 0.25) is 0 Å². The number of hydrogen-bond donors (Lipinski definition) is 0. The summed E-state index contributed by atoms with van der Waals surface area (Å²) in [6.45, 7) is 2.12. The van der Waals surface area contributed by atoms with E-state index in [9.17, 15) is 4.79 Å². The average Bonchev–Trinajstić information content (AvgIpc) is 2.73. The van der Waals surface area contributed by atoms with Gasteiger partial charge in [0.25, 0.3) is 0 Å². The van der Waals surface area contributed by atoms with Crippen molar-refractivity contribution in [1.29, 1.82) is 0 Å². The Morgan fingerprint density at radius 1 is 1.59 bits per heavy atom. The van der Waals surface area contributed by atoms with Gasteiger partial charge in [0.1, 0.15) is 4.88 Å². The zero-order valence-corrected chi connectivity index (χ0v) is 11.4. The number of carbonyl (C=O) groups excluding carboxylic acids is 1. The van der Waals surface area contributed by atoms with E-state index >= 15 is 0 Å². The lowest BCUT2D eigenvalue weighted by Crippen LogP contribution is -2.03. The van der Waals surface area contributed by atoms with Crippen molar-refractivity contribution < 1.29 is 9.53 Å². The second kappa shape index (κ2) is 5.37. The average molecular weight is 313 g/mol. The van der Waals surface area contributed by atoms with E-state index in [1.165, 1.54) is 11.3 Å². The molecule has 0 bridgehead atoms. The fourth-order valence-electron chi connectivity index (χ4n) is 1.33. The molecule has 0 unspecified atom stereocenters. The molecule has 0 N–H and O–H groups in total. The van der Waals surface area contributed by atoms with Crippen LogP contribution in [0.1, 0.15) is 16.6 Å². The third-order valence-electron chi connectivity index (χ3n) is 2.00. The van der Waals surface area contributed by atoms with Crippen LogP contribution < -0.4 is 0 Å². The third kappa shape index (κ3) is 2.70. The second-order valence-corrected chi connectivity index (χ2v) is 5.38. The van der Waals surface area contributed by atoms with Crippen LogP contribution in [0.5, 0.6) is 0 Å². The van der Waals surface area contributed by atoms with E-state index in [-0.39, 0.29) is 5.97 Å². The number of thiazole rings is 1. The number of esters is 1. The summed E-state index contributed by atoms with van der Waals surface area (Å²) in [7, 11) is 0. The summed E-state index contributed by atoms with van der Waals surface area (Å²) < 4.78 is 5.65. The van der Waals surface area contributed by atoms with E-state index in [1.807, 2.05) is 6.07 Å². The minimum Gasteiger partial charge on any atom is -0.462 e. The van der Waals surface area contributed by atoms with Crippen molar-refractivity contribution >= 4 is 33.2 Å². The molecular formula is C11H9BrN2O2S. The first-order valence-electron chi connectivity index (χ1n) is 4.96. The van der Waals surface area contributed by atoms with Crippen molar-refractivity contribution in [3.8, 4) is 11.3 Å². The molecule has 0 spiro atoms. The minimum atomic E-state index is -0.352. The van der Waals surface area contributed by atoms with E-state index in [2.05, 4.69) is 25.9 Å². The number of pyridine rings is 1. The number of halogens is 1. The Balaban J connectivity index is 2.44. The topological polar surface area (TPSA) is 52.1 Å². The van der Waals surface area contributed by atoms with Gasteiger partial charge in [-0.2, -0.15) is 0 Å². The molecule has 17 heavy (non-hydrogen) atoms. The molecule has 0 saturated carbocycles. The van der Waals surface area contributed by atoms with Gasteiger partial charge in [-0.25, -0.2) is 9.78 Å². The molecule has 6 heteroatoms. The Hall–Kier alpha value is -1.27. The van der Waals surface area contributed by atoms with Crippen LogP contribution in [0.4, 0.5) is 0 Å². The number of aromatic nitrogens is 2. The smallest absolute Gasteiger partial charge is 0.350 e. The lowest BCUT2D eigenvalue weighted by atomic mass is 10.2. The molecule has 0 aliphatic rings. The van der Waals surface area contributed by atoms with Gasteiger partial charge < -0.3 is 4.74 Å². The maximum absolute atomic E-state index is 11.8. The van der Waals surface area contributed by atoms with Gasteiger partial charge in [0.15, 0.2) is 3.92 Å². The fraction of sp³-hybridized carbons (Fsp3) is 0.182. The molecule has 0 aliphatic heterocycles. The van der Waals surface area contributed by atoms with E-state index in [0.29, 0.717) is 21.1 Å². The second-order valence-electron chi connectivity index (χ2n) is 3.11. The molecule has 2 heterocycles. The van der Waals surface area contributed by atoms with Crippen molar-refractivity contribution in [2.24, 2.45) is 0 Å². The monoisotopic (exact) mass is 312 g/mol. The summed E-state index contributed by atoms with van der Waals surface area (Å²) in [5.41, 5.74) is 1.41. The maximum atomic E-state index is 11.8. The van der Waals surface area contributed by atoms with Crippen molar-refractivity contribution in [3.63, 3.8) is 0 Å². The number of rotatable bonds is 3. The molecule has 0 atom stereocenters.